The summed E-state index contributed by atoms with van der Waals surface area (Å²) in [4.78, 5) is 23.6. The van der Waals surface area contributed by atoms with Gasteiger partial charge in [0.25, 0.3) is 5.91 Å². The highest BCUT2D eigenvalue weighted by Gasteiger charge is 2.39. The quantitative estimate of drug-likeness (QED) is 0.646. The first-order valence-corrected chi connectivity index (χ1v) is 11.4. The van der Waals surface area contributed by atoms with Crippen molar-refractivity contribution in [2.75, 3.05) is 25.6 Å². The van der Waals surface area contributed by atoms with Crippen molar-refractivity contribution >= 4 is 46.0 Å². The molecule has 0 saturated carbocycles. The number of hydrogen-bond donors (Lipinski definition) is 1. The Morgan fingerprint density at radius 1 is 1.13 bits per heavy atom. The summed E-state index contributed by atoms with van der Waals surface area (Å²) in [6.07, 6.45) is 1.90. The molecule has 0 aliphatic carbocycles. The molecule has 2 aromatic rings. The maximum atomic E-state index is 13.3. The van der Waals surface area contributed by atoms with Crippen LogP contribution in [0.3, 0.4) is 0 Å². The van der Waals surface area contributed by atoms with E-state index >= 15 is 0 Å². The monoisotopic (exact) mass is 441 g/mol. The Labute approximate surface area is 184 Å². The Kier molecular flexibility index (Phi) is 5.97. The molecule has 0 bridgehead atoms. The van der Waals surface area contributed by atoms with E-state index in [1.54, 1.807) is 48.0 Å². The minimum atomic E-state index is -0.0138. The van der Waals surface area contributed by atoms with E-state index in [0.29, 0.717) is 22.3 Å². The minimum Gasteiger partial charge on any atom is -0.508 e. The molecule has 2 aliphatic rings. The lowest BCUT2D eigenvalue weighted by Crippen LogP contribution is -2.30. The van der Waals surface area contributed by atoms with Crippen LogP contribution in [0.5, 0.6) is 11.5 Å². The highest BCUT2D eigenvalue weighted by atomic mass is 32.2. The molecular weight excluding hydrogens is 418 g/mol. The lowest BCUT2D eigenvalue weighted by atomic mass is 10.3. The molecule has 0 aromatic heterocycles. The maximum Gasteiger partial charge on any atom is 0.269 e. The van der Waals surface area contributed by atoms with Gasteiger partial charge in [-0.05, 0) is 54.6 Å². The topological polar surface area (TPSA) is 65.4 Å². The number of ether oxygens (including phenoxy) is 1. The second kappa shape index (κ2) is 8.65. The van der Waals surface area contributed by atoms with Crippen LogP contribution in [0.1, 0.15) is 19.8 Å². The number of carbonyl (C=O) groups is 1. The average molecular weight is 442 g/mol. The summed E-state index contributed by atoms with van der Waals surface area (Å²) in [7, 11) is 3.62. The van der Waals surface area contributed by atoms with Gasteiger partial charge in [-0.1, -0.05) is 25.1 Å². The highest BCUT2D eigenvalue weighted by Crippen LogP contribution is 2.51. The Bertz CT molecular complexity index is 1030. The van der Waals surface area contributed by atoms with Crippen LogP contribution in [0.25, 0.3) is 0 Å². The van der Waals surface area contributed by atoms with E-state index in [2.05, 4.69) is 6.92 Å². The van der Waals surface area contributed by atoms with Gasteiger partial charge in [-0.25, -0.2) is 4.99 Å². The fourth-order valence-electron chi connectivity index (χ4n) is 3.22. The summed E-state index contributed by atoms with van der Waals surface area (Å²) in [6, 6.07) is 12.6. The van der Waals surface area contributed by atoms with Crippen molar-refractivity contribution in [2.45, 2.75) is 24.7 Å². The number of hydrogen-bond acceptors (Lipinski definition) is 7. The molecule has 8 heteroatoms. The zero-order valence-corrected chi connectivity index (χ0v) is 18.7. The van der Waals surface area contributed by atoms with Crippen LogP contribution in [0.4, 0.5) is 11.4 Å². The molecule has 0 unspecified atom stereocenters. The summed E-state index contributed by atoms with van der Waals surface area (Å²) in [5, 5.41) is 11.1. The van der Waals surface area contributed by atoms with Crippen molar-refractivity contribution in [3.05, 3.63) is 52.4 Å². The Hall–Kier alpha value is -2.58. The molecule has 0 radical (unpaired) electrons. The van der Waals surface area contributed by atoms with Gasteiger partial charge in [-0.2, -0.15) is 0 Å². The molecule has 6 nitrogen and oxygen atoms in total. The lowest BCUT2D eigenvalue weighted by Gasteiger charge is -2.16. The molecule has 1 N–H and O–H groups in total. The van der Waals surface area contributed by atoms with Crippen LogP contribution >= 0.6 is 23.5 Å². The number of benzene rings is 2. The standard InChI is InChI=1S/C22H23N3O3S2/c1-4-5-12-25-20(27)19(30-22(25)23-14-6-8-15(26)9-7-14)21-24(2)17-13-16(28-3)10-11-18(17)29-21/h6-11,13,26H,4-5,12H2,1-3H3. The van der Waals surface area contributed by atoms with Crippen LogP contribution in [0.2, 0.25) is 0 Å². The zero-order valence-electron chi connectivity index (χ0n) is 17.1. The number of amides is 1. The van der Waals surface area contributed by atoms with Gasteiger partial charge in [-0.15, -0.1) is 0 Å². The van der Waals surface area contributed by atoms with E-state index in [1.807, 2.05) is 30.1 Å². The van der Waals surface area contributed by atoms with Crippen LogP contribution in [-0.2, 0) is 4.79 Å². The summed E-state index contributed by atoms with van der Waals surface area (Å²) in [5.41, 5.74) is 1.73. The van der Waals surface area contributed by atoms with Crippen LogP contribution < -0.4 is 9.64 Å². The lowest BCUT2D eigenvalue weighted by molar-refractivity contribution is -0.122. The van der Waals surface area contributed by atoms with E-state index in [-0.39, 0.29) is 11.7 Å². The molecule has 0 spiro atoms. The third-order valence-electron chi connectivity index (χ3n) is 4.91. The summed E-state index contributed by atoms with van der Waals surface area (Å²) < 4.78 is 5.35. The molecule has 1 amide bonds. The average Bonchev–Trinajstić information content (AvgIpc) is 3.24. The van der Waals surface area contributed by atoms with Crippen LogP contribution in [0, 0.1) is 0 Å². The number of fused-ring (bicyclic) bond motifs is 1. The van der Waals surface area contributed by atoms with E-state index in [1.165, 1.54) is 11.8 Å². The number of methoxy groups -OCH3 is 1. The molecule has 2 aliphatic heterocycles. The predicted octanol–water partition coefficient (Wildman–Crippen LogP) is 5.18. The van der Waals surface area contributed by atoms with Crippen molar-refractivity contribution in [2.24, 2.45) is 4.99 Å². The minimum absolute atomic E-state index is 0.0138. The van der Waals surface area contributed by atoms with Gasteiger partial charge < -0.3 is 14.7 Å². The molecule has 1 saturated heterocycles. The van der Waals surface area contributed by atoms with Crippen molar-refractivity contribution in [3.63, 3.8) is 0 Å². The number of phenols is 1. The number of rotatable bonds is 5. The number of anilines is 1. The van der Waals surface area contributed by atoms with E-state index in [9.17, 15) is 9.90 Å². The van der Waals surface area contributed by atoms with Crippen molar-refractivity contribution in [3.8, 4) is 11.5 Å². The second-order valence-corrected chi connectivity index (χ2v) is 8.96. The number of phenolic OH excluding ortho intramolecular Hbond substituents is 1. The third kappa shape index (κ3) is 3.89. The predicted molar refractivity (Wildman–Crippen MR) is 124 cm³/mol. The third-order valence-corrected chi connectivity index (χ3v) is 7.34. The van der Waals surface area contributed by atoms with E-state index in [4.69, 9.17) is 9.73 Å². The largest absolute Gasteiger partial charge is 0.508 e. The first-order chi connectivity index (χ1) is 14.5. The van der Waals surface area contributed by atoms with Crippen LogP contribution in [0.15, 0.2) is 62.3 Å². The number of aromatic hydroxyl groups is 1. The SMILES string of the molecule is CCCCN1C(=O)C(=C2Sc3ccc(OC)cc3N2C)SC1=Nc1ccc(O)cc1. The van der Waals surface area contributed by atoms with Gasteiger partial charge >= 0.3 is 0 Å². The fourth-order valence-corrected chi connectivity index (χ4v) is 5.57. The van der Waals surface area contributed by atoms with Gasteiger partial charge in [-0.3, -0.25) is 9.69 Å². The zero-order chi connectivity index (χ0) is 21.3. The first-order valence-electron chi connectivity index (χ1n) is 9.73. The molecular formula is C22H23N3O3S2. The number of aliphatic imine (C=N–C) groups is 1. The summed E-state index contributed by atoms with van der Waals surface area (Å²) in [6.45, 7) is 2.74. The Morgan fingerprint density at radius 3 is 2.60 bits per heavy atom. The Balaban J connectivity index is 1.70. The first kappa shape index (κ1) is 20.7. The molecule has 1 fully saturated rings. The van der Waals surface area contributed by atoms with Crippen molar-refractivity contribution < 1.29 is 14.6 Å². The van der Waals surface area contributed by atoms with Gasteiger partial charge in [0.1, 0.15) is 16.4 Å². The number of amidine groups is 1. The van der Waals surface area contributed by atoms with Gasteiger partial charge in [0.05, 0.1) is 23.5 Å². The van der Waals surface area contributed by atoms with Crippen LogP contribution in [-0.4, -0.2) is 41.8 Å². The van der Waals surface area contributed by atoms with E-state index < -0.39 is 0 Å². The molecule has 156 valence electrons. The number of thioether (sulfide) groups is 2. The van der Waals surface area contributed by atoms with Gasteiger partial charge in [0.15, 0.2) is 5.17 Å². The molecule has 30 heavy (non-hydrogen) atoms. The maximum absolute atomic E-state index is 13.3. The normalized spacial score (nSPS) is 19.7. The highest BCUT2D eigenvalue weighted by molar-refractivity contribution is 8.19. The summed E-state index contributed by atoms with van der Waals surface area (Å²) >= 11 is 3.00. The molecule has 0 atom stereocenters. The van der Waals surface area contributed by atoms with Crippen molar-refractivity contribution in [1.82, 2.24) is 4.90 Å². The smallest absolute Gasteiger partial charge is 0.269 e. The fraction of sp³-hybridized carbons (Fsp3) is 0.273. The second-order valence-electron chi connectivity index (χ2n) is 6.95. The summed E-state index contributed by atoms with van der Waals surface area (Å²) in [5.74, 6) is 0.967. The van der Waals surface area contributed by atoms with E-state index in [0.717, 1.165) is 34.2 Å². The number of nitrogens with zero attached hydrogens (tertiary/aromatic N) is 3. The number of unbranched alkanes of at least 4 members (excludes halogenated alkanes) is 1. The Morgan fingerprint density at radius 2 is 1.90 bits per heavy atom. The number of carbonyl (C=O) groups excluding carboxylic acids is 1. The van der Waals surface area contributed by atoms with Gasteiger partial charge in [0, 0.05) is 24.6 Å². The molecule has 2 aromatic carbocycles. The molecule has 2 heterocycles. The van der Waals surface area contributed by atoms with Gasteiger partial charge in [0.2, 0.25) is 0 Å². The molecule has 4 rings (SSSR count). The van der Waals surface area contributed by atoms with Crippen molar-refractivity contribution in [1.29, 1.82) is 0 Å².